The van der Waals surface area contributed by atoms with Crippen molar-refractivity contribution in [1.82, 2.24) is 4.98 Å². The van der Waals surface area contributed by atoms with E-state index in [0.717, 1.165) is 31.8 Å². The maximum absolute atomic E-state index is 12.7. The van der Waals surface area contributed by atoms with Crippen LogP contribution in [0.2, 0.25) is 5.02 Å². The predicted molar refractivity (Wildman–Crippen MR) is 112 cm³/mol. The molecule has 130 valence electrons. The second-order valence-electron chi connectivity index (χ2n) is 5.99. The zero-order valence-corrected chi connectivity index (χ0v) is 16.6. The van der Waals surface area contributed by atoms with Crippen LogP contribution in [-0.2, 0) is 0 Å². The van der Waals surface area contributed by atoms with Gasteiger partial charge in [-0.2, -0.15) is 0 Å². The Bertz CT molecular complexity index is 1120. The van der Waals surface area contributed by atoms with Gasteiger partial charge in [0, 0.05) is 20.5 Å². The number of fused-ring (bicyclic) bond motifs is 1. The summed E-state index contributed by atoms with van der Waals surface area (Å²) in [4.78, 5) is 18.9. The molecular formula is C20H15ClN2OS2. The number of anilines is 1. The van der Waals surface area contributed by atoms with Gasteiger partial charge >= 0.3 is 0 Å². The normalized spacial score (nSPS) is 11.0. The van der Waals surface area contributed by atoms with E-state index in [9.17, 15) is 4.79 Å². The fourth-order valence-electron chi connectivity index (χ4n) is 2.79. The zero-order valence-electron chi connectivity index (χ0n) is 14.2. The number of nitrogens with one attached hydrogen (secondary N) is 1. The first-order valence-corrected chi connectivity index (χ1v) is 10.1. The Morgan fingerprint density at radius 3 is 2.62 bits per heavy atom. The molecule has 1 amide bonds. The van der Waals surface area contributed by atoms with Crippen molar-refractivity contribution in [2.24, 2.45) is 0 Å². The first-order chi connectivity index (χ1) is 12.5. The molecule has 0 radical (unpaired) electrons. The second-order valence-corrected chi connectivity index (χ2v) is 8.62. The van der Waals surface area contributed by atoms with Gasteiger partial charge < -0.3 is 0 Å². The van der Waals surface area contributed by atoms with Crippen molar-refractivity contribution >= 4 is 55.4 Å². The number of thiophene rings is 1. The van der Waals surface area contributed by atoms with Crippen LogP contribution >= 0.6 is 34.3 Å². The zero-order chi connectivity index (χ0) is 18.3. The highest BCUT2D eigenvalue weighted by atomic mass is 35.5. The number of thiazole rings is 1. The summed E-state index contributed by atoms with van der Waals surface area (Å²) in [6, 6.07) is 16.0. The van der Waals surface area contributed by atoms with Gasteiger partial charge in [0.2, 0.25) is 0 Å². The van der Waals surface area contributed by atoms with Gasteiger partial charge in [0.05, 0.1) is 10.7 Å². The van der Waals surface area contributed by atoms with E-state index < -0.39 is 0 Å². The Kier molecular flexibility index (Phi) is 4.53. The third kappa shape index (κ3) is 3.14. The summed E-state index contributed by atoms with van der Waals surface area (Å²) in [5.74, 6) is -0.220. The Morgan fingerprint density at radius 1 is 1.08 bits per heavy atom. The molecule has 4 aromatic rings. The third-order valence-corrected chi connectivity index (χ3v) is 6.60. The minimum atomic E-state index is -0.220. The van der Waals surface area contributed by atoms with Gasteiger partial charge in [0.1, 0.15) is 4.88 Å². The van der Waals surface area contributed by atoms with E-state index in [1.54, 1.807) is 0 Å². The maximum Gasteiger partial charge on any atom is 0.269 e. The summed E-state index contributed by atoms with van der Waals surface area (Å²) in [5.41, 5.74) is 3.08. The number of carbonyl (C=O) groups is 1. The van der Waals surface area contributed by atoms with E-state index in [4.69, 9.17) is 11.6 Å². The molecule has 1 N–H and O–H groups in total. The summed E-state index contributed by atoms with van der Waals surface area (Å²) in [6.45, 7) is 4.03. The van der Waals surface area contributed by atoms with Gasteiger partial charge in [-0.05, 0) is 25.5 Å². The van der Waals surface area contributed by atoms with E-state index in [0.29, 0.717) is 15.0 Å². The highest BCUT2D eigenvalue weighted by molar-refractivity contribution is 7.22. The minimum absolute atomic E-state index is 0.220. The Morgan fingerprint density at radius 2 is 1.85 bits per heavy atom. The fourth-order valence-corrected chi connectivity index (χ4v) is 5.13. The molecule has 3 nitrogen and oxygen atoms in total. The lowest BCUT2D eigenvalue weighted by molar-refractivity contribution is 0.103. The number of carbonyl (C=O) groups excluding carboxylic acids is 1. The molecule has 26 heavy (non-hydrogen) atoms. The molecule has 0 aliphatic rings. The quantitative estimate of drug-likeness (QED) is 0.425. The van der Waals surface area contributed by atoms with Crippen LogP contribution in [0.15, 0.2) is 48.5 Å². The van der Waals surface area contributed by atoms with Gasteiger partial charge in [-0.3, -0.25) is 10.1 Å². The summed E-state index contributed by atoms with van der Waals surface area (Å²) in [7, 11) is 0. The Balaban J connectivity index is 1.64. The molecule has 0 atom stereocenters. The molecule has 0 fully saturated rings. The molecule has 0 bridgehead atoms. The van der Waals surface area contributed by atoms with Gasteiger partial charge in [0.25, 0.3) is 5.91 Å². The van der Waals surface area contributed by atoms with Crippen molar-refractivity contribution in [3.8, 4) is 11.3 Å². The summed E-state index contributed by atoms with van der Waals surface area (Å²) in [5, 5.41) is 4.89. The van der Waals surface area contributed by atoms with Gasteiger partial charge in [-0.15, -0.1) is 22.7 Å². The number of amides is 1. The summed E-state index contributed by atoms with van der Waals surface area (Å²) >= 11 is 9.31. The van der Waals surface area contributed by atoms with Gasteiger partial charge in [0.15, 0.2) is 5.13 Å². The lowest BCUT2D eigenvalue weighted by Gasteiger charge is -1.99. The SMILES string of the molecule is Cc1ccc2c(Cl)c(C(=O)Nc3nc(-c4ccccc4)c(C)s3)sc2c1. The topological polar surface area (TPSA) is 42.0 Å². The lowest BCUT2D eigenvalue weighted by atomic mass is 10.1. The van der Waals surface area contributed by atoms with Crippen LogP contribution in [0.1, 0.15) is 20.1 Å². The summed E-state index contributed by atoms with van der Waals surface area (Å²) in [6.07, 6.45) is 0. The molecule has 6 heteroatoms. The molecule has 2 heterocycles. The van der Waals surface area contributed by atoms with E-state index in [2.05, 4.69) is 10.3 Å². The van der Waals surface area contributed by atoms with Crippen molar-refractivity contribution in [3.63, 3.8) is 0 Å². The van der Waals surface area contributed by atoms with Crippen LogP contribution in [0, 0.1) is 13.8 Å². The first-order valence-electron chi connectivity index (χ1n) is 8.06. The van der Waals surface area contributed by atoms with Crippen molar-refractivity contribution < 1.29 is 4.79 Å². The average Bonchev–Trinajstić information content (AvgIpc) is 3.15. The second kappa shape index (κ2) is 6.83. The van der Waals surface area contributed by atoms with Crippen LogP contribution in [0.4, 0.5) is 5.13 Å². The van der Waals surface area contributed by atoms with E-state index >= 15 is 0 Å². The molecule has 2 aromatic heterocycles. The van der Waals surface area contributed by atoms with Gasteiger partial charge in [-0.25, -0.2) is 4.98 Å². The molecule has 4 rings (SSSR count). The van der Waals surface area contributed by atoms with Crippen LogP contribution in [0.3, 0.4) is 0 Å². The number of aromatic nitrogens is 1. The van der Waals surface area contributed by atoms with Crippen LogP contribution in [0.25, 0.3) is 21.3 Å². The maximum atomic E-state index is 12.7. The molecule has 0 aliphatic heterocycles. The predicted octanol–water partition coefficient (Wildman–Crippen LogP) is 6.55. The fraction of sp³-hybridized carbons (Fsp3) is 0.100. The minimum Gasteiger partial charge on any atom is -0.297 e. The molecular weight excluding hydrogens is 384 g/mol. The lowest BCUT2D eigenvalue weighted by Crippen LogP contribution is -2.10. The Hall–Kier alpha value is -2.21. The van der Waals surface area contributed by atoms with Gasteiger partial charge in [-0.1, -0.05) is 54.1 Å². The number of aryl methyl sites for hydroxylation is 2. The van der Waals surface area contributed by atoms with Crippen molar-refractivity contribution in [3.05, 3.63) is 68.9 Å². The molecule has 0 saturated carbocycles. The van der Waals surface area contributed by atoms with Crippen molar-refractivity contribution in [1.29, 1.82) is 0 Å². The van der Waals surface area contributed by atoms with Crippen LogP contribution in [0.5, 0.6) is 0 Å². The molecule has 0 aliphatic carbocycles. The number of hydrogen-bond acceptors (Lipinski definition) is 4. The smallest absolute Gasteiger partial charge is 0.269 e. The molecule has 0 spiro atoms. The van der Waals surface area contributed by atoms with Crippen LogP contribution in [-0.4, -0.2) is 10.9 Å². The van der Waals surface area contributed by atoms with E-state index in [-0.39, 0.29) is 5.91 Å². The highest BCUT2D eigenvalue weighted by Gasteiger charge is 2.19. The number of benzene rings is 2. The first kappa shape index (κ1) is 17.2. The van der Waals surface area contributed by atoms with Crippen LogP contribution < -0.4 is 5.32 Å². The van der Waals surface area contributed by atoms with E-state index in [1.807, 2.05) is 62.4 Å². The molecule has 0 saturated heterocycles. The average molecular weight is 399 g/mol. The molecule has 0 unspecified atom stereocenters. The number of nitrogens with zero attached hydrogens (tertiary/aromatic N) is 1. The highest BCUT2D eigenvalue weighted by Crippen LogP contribution is 2.37. The van der Waals surface area contributed by atoms with Crippen molar-refractivity contribution in [2.75, 3.05) is 5.32 Å². The monoisotopic (exact) mass is 398 g/mol. The standard InChI is InChI=1S/C20H15ClN2OS2/c1-11-8-9-14-15(10-11)26-18(16(14)21)19(24)23-20-22-17(12(2)25-20)13-6-4-3-5-7-13/h3-10H,1-2H3,(H,22,23,24). The number of halogens is 1. The van der Waals surface area contributed by atoms with Crippen molar-refractivity contribution in [2.45, 2.75) is 13.8 Å². The number of hydrogen-bond donors (Lipinski definition) is 1. The Labute approximate surface area is 164 Å². The molecule has 2 aromatic carbocycles. The number of rotatable bonds is 3. The summed E-state index contributed by atoms with van der Waals surface area (Å²) < 4.78 is 1.01. The van der Waals surface area contributed by atoms with E-state index in [1.165, 1.54) is 22.7 Å². The third-order valence-electron chi connectivity index (χ3n) is 4.06. The largest absolute Gasteiger partial charge is 0.297 e.